The van der Waals surface area contributed by atoms with Crippen LogP contribution in [0.25, 0.3) is 0 Å². The average molecular weight is 297 g/mol. The smallest absolute Gasteiger partial charge is 0.119 e. The molecule has 2 aromatic carbocycles. The number of benzene rings is 2. The maximum atomic E-state index is 5.98. The first-order valence-corrected chi connectivity index (χ1v) is 7.97. The van der Waals surface area contributed by atoms with Crippen molar-refractivity contribution in [2.75, 3.05) is 12.4 Å². The fraction of sp³-hybridized carbons (Fsp3) is 0.368. The zero-order valence-electron chi connectivity index (χ0n) is 13.0. The molecule has 1 saturated carbocycles. The first kappa shape index (κ1) is 14.8. The molecule has 0 amide bonds. The summed E-state index contributed by atoms with van der Waals surface area (Å²) < 4.78 is 11.1. The van der Waals surface area contributed by atoms with E-state index in [0.29, 0.717) is 6.10 Å². The summed E-state index contributed by atoms with van der Waals surface area (Å²) in [6.45, 7) is 0.802. The van der Waals surface area contributed by atoms with Crippen LogP contribution in [0.4, 0.5) is 5.69 Å². The Balaban J connectivity index is 1.51. The molecule has 1 N–H and O–H groups in total. The quantitative estimate of drug-likeness (QED) is 0.843. The zero-order chi connectivity index (χ0) is 15.2. The van der Waals surface area contributed by atoms with E-state index in [-0.39, 0.29) is 0 Å². The summed E-state index contributed by atoms with van der Waals surface area (Å²) in [4.78, 5) is 0. The molecule has 1 aliphatic carbocycles. The fourth-order valence-electron chi connectivity index (χ4n) is 2.80. The molecule has 116 valence electrons. The third kappa shape index (κ3) is 3.94. The topological polar surface area (TPSA) is 30.5 Å². The number of hydrogen-bond acceptors (Lipinski definition) is 3. The molecule has 3 nitrogen and oxygen atoms in total. The van der Waals surface area contributed by atoms with Crippen LogP contribution >= 0.6 is 0 Å². The van der Waals surface area contributed by atoms with E-state index in [1.54, 1.807) is 7.11 Å². The molecular weight excluding hydrogens is 274 g/mol. The van der Waals surface area contributed by atoms with Gasteiger partial charge < -0.3 is 14.8 Å². The SMILES string of the molecule is COc1ccc(NCc2ccc(OC3CCCC3)cc2)cc1. The molecule has 0 radical (unpaired) electrons. The van der Waals surface area contributed by atoms with Crippen molar-refractivity contribution in [3.05, 3.63) is 54.1 Å². The minimum absolute atomic E-state index is 0.420. The molecule has 0 saturated heterocycles. The predicted molar refractivity (Wildman–Crippen MR) is 89.6 cm³/mol. The molecule has 0 unspecified atom stereocenters. The van der Waals surface area contributed by atoms with Gasteiger partial charge in [0.1, 0.15) is 11.5 Å². The van der Waals surface area contributed by atoms with Gasteiger partial charge in [-0.3, -0.25) is 0 Å². The van der Waals surface area contributed by atoms with E-state index in [9.17, 15) is 0 Å². The average Bonchev–Trinajstić information content (AvgIpc) is 3.08. The Morgan fingerprint density at radius 2 is 1.55 bits per heavy atom. The van der Waals surface area contributed by atoms with Crippen LogP contribution in [-0.2, 0) is 6.54 Å². The monoisotopic (exact) mass is 297 g/mol. The number of nitrogens with one attached hydrogen (secondary N) is 1. The summed E-state index contributed by atoms with van der Waals surface area (Å²) in [6.07, 6.45) is 5.41. The standard InChI is InChI=1S/C19H23NO2/c1-21-17-12-8-16(9-13-17)20-14-15-6-10-19(11-7-15)22-18-4-2-3-5-18/h6-13,18,20H,2-5,14H2,1H3. The largest absolute Gasteiger partial charge is 0.497 e. The summed E-state index contributed by atoms with van der Waals surface area (Å²) in [5.41, 5.74) is 2.33. The van der Waals surface area contributed by atoms with Crippen LogP contribution in [0.2, 0.25) is 0 Å². The van der Waals surface area contributed by atoms with Crippen LogP contribution in [0.3, 0.4) is 0 Å². The number of methoxy groups -OCH3 is 1. The van der Waals surface area contributed by atoms with Crippen molar-refractivity contribution in [2.45, 2.75) is 38.3 Å². The maximum Gasteiger partial charge on any atom is 0.119 e. The number of hydrogen-bond donors (Lipinski definition) is 1. The van der Waals surface area contributed by atoms with E-state index in [2.05, 4.69) is 29.6 Å². The van der Waals surface area contributed by atoms with Gasteiger partial charge in [0.25, 0.3) is 0 Å². The highest BCUT2D eigenvalue weighted by Crippen LogP contribution is 2.24. The van der Waals surface area contributed by atoms with E-state index >= 15 is 0 Å². The van der Waals surface area contributed by atoms with Gasteiger partial charge in [-0.25, -0.2) is 0 Å². The van der Waals surface area contributed by atoms with E-state index in [0.717, 1.165) is 23.7 Å². The molecule has 0 spiro atoms. The lowest BCUT2D eigenvalue weighted by atomic mass is 10.2. The zero-order valence-corrected chi connectivity index (χ0v) is 13.0. The Morgan fingerprint density at radius 1 is 0.909 bits per heavy atom. The van der Waals surface area contributed by atoms with E-state index < -0.39 is 0 Å². The molecule has 0 atom stereocenters. The molecule has 3 rings (SSSR count). The minimum atomic E-state index is 0.420. The van der Waals surface area contributed by atoms with Gasteiger partial charge in [-0.2, -0.15) is 0 Å². The maximum absolute atomic E-state index is 5.98. The second kappa shape index (κ2) is 7.21. The Hall–Kier alpha value is -2.16. The van der Waals surface area contributed by atoms with Gasteiger partial charge in [0, 0.05) is 12.2 Å². The third-order valence-corrected chi connectivity index (χ3v) is 4.11. The lowest BCUT2D eigenvalue weighted by Gasteiger charge is -2.13. The fourth-order valence-corrected chi connectivity index (χ4v) is 2.80. The summed E-state index contributed by atoms with van der Waals surface area (Å²) in [6, 6.07) is 16.4. The molecule has 2 aromatic rings. The second-order valence-electron chi connectivity index (χ2n) is 5.75. The summed E-state index contributed by atoms with van der Waals surface area (Å²) in [7, 11) is 1.68. The lowest BCUT2D eigenvalue weighted by Crippen LogP contribution is -2.10. The lowest BCUT2D eigenvalue weighted by molar-refractivity contribution is 0.210. The van der Waals surface area contributed by atoms with Gasteiger partial charge in [0.05, 0.1) is 13.2 Å². The van der Waals surface area contributed by atoms with Gasteiger partial charge in [-0.15, -0.1) is 0 Å². The Bertz CT molecular complexity index is 571. The molecule has 0 heterocycles. The highest BCUT2D eigenvalue weighted by atomic mass is 16.5. The van der Waals surface area contributed by atoms with Crippen molar-refractivity contribution in [3.63, 3.8) is 0 Å². The van der Waals surface area contributed by atoms with Crippen LogP contribution in [-0.4, -0.2) is 13.2 Å². The summed E-state index contributed by atoms with van der Waals surface area (Å²) >= 11 is 0. The van der Waals surface area contributed by atoms with Gasteiger partial charge in [-0.1, -0.05) is 12.1 Å². The summed E-state index contributed by atoms with van der Waals surface area (Å²) in [5.74, 6) is 1.86. The first-order chi connectivity index (χ1) is 10.8. The number of ether oxygens (including phenoxy) is 2. The molecule has 1 fully saturated rings. The molecule has 0 aliphatic heterocycles. The Labute approximate surface area is 132 Å². The van der Waals surface area contributed by atoms with E-state index in [1.807, 2.05) is 24.3 Å². The second-order valence-corrected chi connectivity index (χ2v) is 5.75. The van der Waals surface area contributed by atoms with Crippen molar-refractivity contribution in [2.24, 2.45) is 0 Å². The predicted octanol–water partition coefficient (Wildman–Crippen LogP) is 4.63. The van der Waals surface area contributed by atoms with Crippen LogP contribution in [0.15, 0.2) is 48.5 Å². The van der Waals surface area contributed by atoms with Crippen LogP contribution < -0.4 is 14.8 Å². The Kier molecular flexibility index (Phi) is 4.84. The molecule has 3 heteroatoms. The van der Waals surface area contributed by atoms with Crippen molar-refractivity contribution in [1.29, 1.82) is 0 Å². The van der Waals surface area contributed by atoms with Crippen molar-refractivity contribution in [3.8, 4) is 11.5 Å². The number of rotatable bonds is 6. The summed E-state index contributed by atoms with van der Waals surface area (Å²) in [5, 5.41) is 3.41. The molecule has 1 aliphatic rings. The van der Waals surface area contributed by atoms with Crippen LogP contribution in [0.5, 0.6) is 11.5 Å². The van der Waals surface area contributed by atoms with Crippen LogP contribution in [0, 0.1) is 0 Å². The molecule has 0 bridgehead atoms. The van der Waals surface area contributed by atoms with Gasteiger partial charge >= 0.3 is 0 Å². The molecule has 22 heavy (non-hydrogen) atoms. The highest BCUT2D eigenvalue weighted by Gasteiger charge is 2.16. The van der Waals surface area contributed by atoms with E-state index in [4.69, 9.17) is 9.47 Å². The molecular formula is C19H23NO2. The third-order valence-electron chi connectivity index (χ3n) is 4.11. The highest BCUT2D eigenvalue weighted by molar-refractivity contribution is 5.47. The Morgan fingerprint density at radius 3 is 2.18 bits per heavy atom. The first-order valence-electron chi connectivity index (χ1n) is 7.97. The van der Waals surface area contributed by atoms with Crippen molar-refractivity contribution < 1.29 is 9.47 Å². The minimum Gasteiger partial charge on any atom is -0.497 e. The van der Waals surface area contributed by atoms with Gasteiger partial charge in [0.15, 0.2) is 0 Å². The van der Waals surface area contributed by atoms with Crippen molar-refractivity contribution >= 4 is 5.69 Å². The van der Waals surface area contributed by atoms with Gasteiger partial charge in [-0.05, 0) is 67.6 Å². The van der Waals surface area contributed by atoms with Crippen molar-refractivity contribution in [1.82, 2.24) is 0 Å². The van der Waals surface area contributed by atoms with Crippen LogP contribution in [0.1, 0.15) is 31.2 Å². The van der Waals surface area contributed by atoms with Gasteiger partial charge in [0.2, 0.25) is 0 Å². The molecule has 0 aromatic heterocycles. The normalized spacial score (nSPS) is 14.8. The van der Waals surface area contributed by atoms with E-state index in [1.165, 1.54) is 31.2 Å². The number of anilines is 1.